The summed E-state index contributed by atoms with van der Waals surface area (Å²) in [5, 5.41) is 2.56. The molecule has 0 unspecified atom stereocenters. The third-order valence-electron chi connectivity index (χ3n) is 3.81. The van der Waals surface area contributed by atoms with Crippen molar-refractivity contribution in [3.05, 3.63) is 48.0 Å². The minimum Gasteiger partial charge on any atom is -0.324 e. The maximum absolute atomic E-state index is 12.6. The Labute approximate surface area is 145 Å². The average Bonchev–Trinajstić information content (AvgIpc) is 2.56. The van der Waals surface area contributed by atoms with Gasteiger partial charge in [-0.05, 0) is 49.2 Å². The maximum atomic E-state index is 12.6. The fourth-order valence-electron chi connectivity index (χ4n) is 2.38. The zero-order chi connectivity index (χ0) is 17.3. The van der Waals surface area contributed by atoms with Crippen LogP contribution in [0.5, 0.6) is 0 Å². The van der Waals surface area contributed by atoms with Crippen molar-refractivity contribution in [2.75, 3.05) is 10.0 Å². The number of benzene rings is 2. The number of fused-ring (bicyclic) bond motifs is 1. The van der Waals surface area contributed by atoms with Crippen molar-refractivity contribution in [2.45, 2.75) is 35.3 Å². The number of hydrogen-bond acceptors (Lipinski definition) is 4. The second-order valence-electron chi connectivity index (χ2n) is 5.56. The molecule has 126 valence electrons. The highest BCUT2D eigenvalue weighted by Crippen LogP contribution is 2.36. The fourth-order valence-corrected chi connectivity index (χ4v) is 4.39. The van der Waals surface area contributed by atoms with Crippen molar-refractivity contribution in [3.8, 4) is 0 Å². The van der Waals surface area contributed by atoms with Gasteiger partial charge in [0.05, 0.1) is 15.8 Å². The summed E-state index contributed by atoms with van der Waals surface area (Å²) in [5.74, 6) is -0.120. The van der Waals surface area contributed by atoms with Crippen LogP contribution >= 0.6 is 11.8 Å². The van der Waals surface area contributed by atoms with Gasteiger partial charge in [0.1, 0.15) is 0 Å². The Morgan fingerprint density at radius 3 is 2.54 bits per heavy atom. The Morgan fingerprint density at radius 1 is 1.17 bits per heavy atom. The summed E-state index contributed by atoms with van der Waals surface area (Å²) < 4.78 is 27.7. The largest absolute Gasteiger partial charge is 0.324 e. The van der Waals surface area contributed by atoms with Gasteiger partial charge in [-0.2, -0.15) is 0 Å². The van der Waals surface area contributed by atoms with Gasteiger partial charge < -0.3 is 5.32 Å². The molecule has 7 heteroatoms. The van der Waals surface area contributed by atoms with E-state index in [1.54, 1.807) is 24.3 Å². The van der Waals surface area contributed by atoms with E-state index in [4.69, 9.17) is 0 Å². The van der Waals surface area contributed by atoms with E-state index in [-0.39, 0.29) is 16.1 Å². The van der Waals surface area contributed by atoms with Crippen LogP contribution in [0.15, 0.2) is 52.3 Å². The highest BCUT2D eigenvalue weighted by Gasteiger charge is 2.25. The van der Waals surface area contributed by atoms with Crippen LogP contribution in [0.3, 0.4) is 0 Å². The molecule has 1 heterocycles. The van der Waals surface area contributed by atoms with Crippen LogP contribution in [0, 0.1) is 0 Å². The molecule has 0 saturated heterocycles. The first-order valence-corrected chi connectivity index (χ1v) is 9.98. The van der Waals surface area contributed by atoms with Gasteiger partial charge in [0.2, 0.25) is 5.91 Å². The topological polar surface area (TPSA) is 75.3 Å². The maximum Gasteiger partial charge on any atom is 0.261 e. The molecule has 0 aliphatic carbocycles. The number of hydrogen-bond donors (Lipinski definition) is 2. The standard InChI is InChI=1S/C17H18N2O3S2/c1-3-12-4-6-13(7-5-12)19-24(21,22)14-8-9-16-15(10-14)18-17(20)11(2)23-16/h4-11,19H,3H2,1-2H3,(H,18,20)/t11-/m0/s1. The van der Waals surface area contributed by atoms with Crippen LogP contribution in [-0.2, 0) is 21.2 Å². The summed E-state index contributed by atoms with van der Waals surface area (Å²) >= 11 is 1.42. The van der Waals surface area contributed by atoms with Crippen molar-refractivity contribution < 1.29 is 13.2 Å². The zero-order valence-corrected chi connectivity index (χ0v) is 15.0. The van der Waals surface area contributed by atoms with Crippen LogP contribution in [-0.4, -0.2) is 19.6 Å². The predicted molar refractivity (Wildman–Crippen MR) is 97.0 cm³/mol. The molecule has 1 atom stereocenters. The van der Waals surface area contributed by atoms with E-state index in [0.717, 1.165) is 16.9 Å². The molecule has 0 radical (unpaired) electrons. The van der Waals surface area contributed by atoms with E-state index < -0.39 is 10.0 Å². The Hall–Kier alpha value is -1.99. The molecule has 2 aromatic carbocycles. The number of amides is 1. The van der Waals surface area contributed by atoms with Crippen LogP contribution in [0.4, 0.5) is 11.4 Å². The number of anilines is 2. The first-order chi connectivity index (χ1) is 11.4. The molecule has 5 nitrogen and oxygen atoms in total. The van der Waals surface area contributed by atoms with Gasteiger partial charge in [-0.3, -0.25) is 9.52 Å². The molecular formula is C17H18N2O3S2. The normalized spacial score (nSPS) is 17.1. The number of carbonyl (C=O) groups is 1. The van der Waals surface area contributed by atoms with Crippen molar-refractivity contribution in [1.82, 2.24) is 0 Å². The van der Waals surface area contributed by atoms with Gasteiger partial charge in [-0.1, -0.05) is 19.1 Å². The molecular weight excluding hydrogens is 344 g/mol. The Balaban J connectivity index is 1.87. The molecule has 0 bridgehead atoms. The molecule has 1 aliphatic heterocycles. The van der Waals surface area contributed by atoms with Crippen LogP contribution < -0.4 is 10.0 Å². The third-order valence-corrected chi connectivity index (χ3v) is 6.36. The smallest absolute Gasteiger partial charge is 0.261 e. The van der Waals surface area contributed by atoms with E-state index in [1.807, 2.05) is 26.0 Å². The minimum atomic E-state index is -3.71. The van der Waals surface area contributed by atoms with Gasteiger partial charge in [-0.15, -0.1) is 11.8 Å². The van der Waals surface area contributed by atoms with Gasteiger partial charge in [0.15, 0.2) is 0 Å². The lowest BCUT2D eigenvalue weighted by molar-refractivity contribution is -0.115. The number of thioether (sulfide) groups is 1. The molecule has 0 fully saturated rings. The quantitative estimate of drug-likeness (QED) is 0.873. The molecule has 24 heavy (non-hydrogen) atoms. The van der Waals surface area contributed by atoms with Gasteiger partial charge in [0, 0.05) is 10.6 Å². The second-order valence-corrected chi connectivity index (χ2v) is 8.63. The molecule has 1 aliphatic rings. The Kier molecular flexibility index (Phi) is 4.56. The van der Waals surface area contributed by atoms with Crippen LogP contribution in [0.2, 0.25) is 0 Å². The molecule has 0 aromatic heterocycles. The van der Waals surface area contributed by atoms with Gasteiger partial charge in [-0.25, -0.2) is 8.42 Å². The SMILES string of the molecule is CCc1ccc(NS(=O)(=O)c2ccc3c(c2)NC(=O)[C@H](C)S3)cc1. The lowest BCUT2D eigenvalue weighted by atomic mass is 10.2. The van der Waals surface area contributed by atoms with Gasteiger partial charge in [0.25, 0.3) is 10.0 Å². The summed E-state index contributed by atoms with van der Waals surface area (Å²) in [6.45, 7) is 3.86. The molecule has 1 amide bonds. The number of rotatable bonds is 4. The van der Waals surface area contributed by atoms with E-state index >= 15 is 0 Å². The molecule has 0 spiro atoms. The molecule has 2 N–H and O–H groups in total. The Bertz CT molecular complexity index is 877. The van der Waals surface area contributed by atoms with E-state index in [1.165, 1.54) is 17.8 Å². The van der Waals surface area contributed by atoms with Crippen molar-refractivity contribution >= 4 is 39.1 Å². The minimum absolute atomic E-state index is 0.120. The van der Waals surface area contributed by atoms with E-state index in [9.17, 15) is 13.2 Å². The average molecular weight is 362 g/mol. The van der Waals surface area contributed by atoms with Crippen LogP contribution in [0.1, 0.15) is 19.4 Å². The predicted octanol–water partition coefficient (Wildman–Crippen LogP) is 3.48. The van der Waals surface area contributed by atoms with Crippen LogP contribution in [0.25, 0.3) is 0 Å². The van der Waals surface area contributed by atoms with Gasteiger partial charge >= 0.3 is 0 Å². The molecule has 3 rings (SSSR count). The monoisotopic (exact) mass is 362 g/mol. The highest BCUT2D eigenvalue weighted by atomic mass is 32.2. The second kappa shape index (κ2) is 6.49. The summed E-state index contributed by atoms with van der Waals surface area (Å²) in [6, 6.07) is 12.0. The zero-order valence-electron chi connectivity index (χ0n) is 13.4. The number of carbonyl (C=O) groups excluding carboxylic acids is 1. The number of aryl methyl sites for hydroxylation is 1. The highest BCUT2D eigenvalue weighted by molar-refractivity contribution is 8.01. The van der Waals surface area contributed by atoms with Crippen molar-refractivity contribution in [2.24, 2.45) is 0 Å². The first kappa shape index (κ1) is 16.9. The van der Waals surface area contributed by atoms with E-state index in [2.05, 4.69) is 10.0 Å². The third kappa shape index (κ3) is 3.42. The van der Waals surface area contributed by atoms with Crippen molar-refractivity contribution in [3.63, 3.8) is 0 Å². The Morgan fingerprint density at radius 2 is 1.88 bits per heavy atom. The summed E-state index contributed by atoms with van der Waals surface area (Å²) in [7, 11) is -3.71. The first-order valence-electron chi connectivity index (χ1n) is 7.62. The number of nitrogens with one attached hydrogen (secondary N) is 2. The molecule has 2 aromatic rings. The lowest BCUT2D eigenvalue weighted by Gasteiger charge is -2.22. The summed E-state index contributed by atoms with van der Waals surface area (Å²) in [5.41, 5.74) is 2.19. The van der Waals surface area contributed by atoms with Crippen molar-refractivity contribution in [1.29, 1.82) is 0 Å². The summed E-state index contributed by atoms with van der Waals surface area (Å²) in [4.78, 5) is 12.8. The fraction of sp³-hybridized carbons (Fsp3) is 0.235. The van der Waals surface area contributed by atoms with E-state index in [0.29, 0.717) is 11.4 Å². The lowest BCUT2D eigenvalue weighted by Crippen LogP contribution is -2.26. The molecule has 0 saturated carbocycles. The summed E-state index contributed by atoms with van der Waals surface area (Å²) in [6.07, 6.45) is 0.896. The number of sulfonamides is 1.